The predicted octanol–water partition coefficient (Wildman–Crippen LogP) is 1.89. The maximum atomic E-state index is 8.76. The van der Waals surface area contributed by atoms with Crippen LogP contribution in [-0.4, -0.2) is 23.3 Å². The monoisotopic (exact) mass is 258 g/mol. The smallest absolute Gasteiger partial charge is 0.399 e. The Kier molecular flexibility index (Phi) is 3.42. The molecule has 1 unspecified atom stereocenters. The fourth-order valence-electron chi connectivity index (χ4n) is 2.35. The number of hydrogen-bond donors (Lipinski definition) is 0. The fraction of sp³-hybridized carbons (Fsp3) is 0.571. The van der Waals surface area contributed by atoms with Crippen LogP contribution in [0.2, 0.25) is 0 Å². The second-order valence-corrected chi connectivity index (χ2v) is 5.93. The summed E-state index contributed by atoms with van der Waals surface area (Å²) in [6.45, 7) is 10.4. The van der Waals surface area contributed by atoms with E-state index in [4.69, 9.17) is 14.6 Å². The van der Waals surface area contributed by atoms with Crippen LogP contribution in [0.1, 0.15) is 40.3 Å². The van der Waals surface area contributed by atoms with E-state index in [0.29, 0.717) is 11.6 Å². The Labute approximate surface area is 114 Å². The molecule has 0 N–H and O–H groups in total. The number of nitrogens with zero attached hydrogens (tertiary/aromatic N) is 2. The highest BCUT2D eigenvalue weighted by atomic mass is 16.7. The Hall–Kier alpha value is -1.38. The van der Waals surface area contributed by atoms with Gasteiger partial charge in [-0.15, -0.1) is 0 Å². The molecule has 1 fully saturated rings. The number of nitriles is 1. The summed E-state index contributed by atoms with van der Waals surface area (Å²) in [5, 5.41) is 8.76. The lowest BCUT2D eigenvalue weighted by atomic mass is 9.78. The van der Waals surface area contributed by atoms with Crippen molar-refractivity contribution >= 4 is 12.6 Å². The lowest BCUT2D eigenvalue weighted by Gasteiger charge is -2.39. The second kappa shape index (κ2) is 4.62. The van der Waals surface area contributed by atoms with E-state index >= 15 is 0 Å². The van der Waals surface area contributed by atoms with Gasteiger partial charge in [0.05, 0.1) is 11.2 Å². The Morgan fingerprint density at radius 2 is 1.95 bits per heavy atom. The minimum atomic E-state index is -0.428. The van der Waals surface area contributed by atoms with Crippen molar-refractivity contribution in [1.29, 1.82) is 5.26 Å². The van der Waals surface area contributed by atoms with E-state index in [9.17, 15) is 0 Å². The van der Waals surface area contributed by atoms with Gasteiger partial charge in [-0.05, 0) is 32.8 Å². The molecule has 0 spiro atoms. The largest absolute Gasteiger partial charge is 0.496 e. The van der Waals surface area contributed by atoms with Gasteiger partial charge in [-0.25, -0.2) is 4.98 Å². The summed E-state index contributed by atoms with van der Waals surface area (Å²) in [6, 6.07) is 5.52. The molecule has 100 valence electrons. The van der Waals surface area contributed by atoms with Crippen LogP contribution in [0.4, 0.5) is 0 Å². The zero-order valence-corrected chi connectivity index (χ0v) is 12.1. The van der Waals surface area contributed by atoms with Gasteiger partial charge in [0.25, 0.3) is 0 Å². The SMILES string of the molecule is CC(C)C1(C)OB(c2ccc(C#N)nc2)OC1(C)C. The highest BCUT2D eigenvalue weighted by molar-refractivity contribution is 6.62. The van der Waals surface area contributed by atoms with Gasteiger partial charge in [0.1, 0.15) is 11.8 Å². The third kappa shape index (κ3) is 2.26. The van der Waals surface area contributed by atoms with Crippen molar-refractivity contribution in [3.8, 4) is 6.07 Å². The maximum absolute atomic E-state index is 8.76. The minimum absolute atomic E-state index is 0.332. The van der Waals surface area contributed by atoms with Crippen LogP contribution in [-0.2, 0) is 9.31 Å². The Morgan fingerprint density at radius 3 is 2.37 bits per heavy atom. The van der Waals surface area contributed by atoms with Crippen LogP contribution in [0.15, 0.2) is 18.3 Å². The van der Waals surface area contributed by atoms with Crippen LogP contribution in [0.25, 0.3) is 0 Å². The van der Waals surface area contributed by atoms with Crippen molar-refractivity contribution in [3.05, 3.63) is 24.0 Å². The van der Waals surface area contributed by atoms with Crippen molar-refractivity contribution in [3.63, 3.8) is 0 Å². The van der Waals surface area contributed by atoms with E-state index in [0.717, 1.165) is 5.46 Å². The molecule has 1 aliphatic rings. The quantitative estimate of drug-likeness (QED) is 0.760. The molecule has 0 aliphatic carbocycles. The lowest BCUT2D eigenvalue weighted by Crippen LogP contribution is -2.48. The molecule has 19 heavy (non-hydrogen) atoms. The molecule has 1 aromatic rings. The molecular weight excluding hydrogens is 239 g/mol. The Balaban J connectivity index is 2.27. The zero-order valence-electron chi connectivity index (χ0n) is 12.1. The maximum Gasteiger partial charge on any atom is 0.496 e. The molecule has 4 nitrogen and oxygen atoms in total. The third-order valence-corrected chi connectivity index (χ3v) is 4.22. The van der Waals surface area contributed by atoms with Gasteiger partial charge in [-0.2, -0.15) is 5.26 Å². The minimum Gasteiger partial charge on any atom is -0.399 e. The molecule has 1 atom stereocenters. The van der Waals surface area contributed by atoms with Gasteiger partial charge in [-0.1, -0.05) is 19.9 Å². The van der Waals surface area contributed by atoms with Crippen LogP contribution in [0.5, 0.6) is 0 Å². The molecule has 0 amide bonds. The standard InChI is InChI=1S/C14H19BN2O2/c1-10(2)14(5)13(3,4)18-15(19-14)11-6-7-12(8-16)17-9-11/h6-7,9-10H,1-5H3. The summed E-state index contributed by atoms with van der Waals surface area (Å²) in [5.41, 5.74) is 0.509. The van der Waals surface area contributed by atoms with E-state index in [1.165, 1.54) is 0 Å². The van der Waals surface area contributed by atoms with Crippen LogP contribution in [0, 0.1) is 17.2 Å². The molecule has 1 aliphatic heterocycles. The molecule has 0 radical (unpaired) electrons. The predicted molar refractivity (Wildman–Crippen MR) is 73.8 cm³/mol. The van der Waals surface area contributed by atoms with Crippen LogP contribution >= 0.6 is 0 Å². The van der Waals surface area contributed by atoms with Crippen molar-refractivity contribution < 1.29 is 9.31 Å². The van der Waals surface area contributed by atoms with E-state index in [2.05, 4.69) is 25.8 Å². The molecule has 0 aromatic carbocycles. The summed E-state index contributed by atoms with van der Waals surface area (Å²) < 4.78 is 12.2. The first-order valence-corrected chi connectivity index (χ1v) is 6.52. The number of aromatic nitrogens is 1. The Bertz CT molecular complexity index is 507. The van der Waals surface area contributed by atoms with Gasteiger partial charge < -0.3 is 9.31 Å². The molecule has 1 saturated heterocycles. The van der Waals surface area contributed by atoms with Gasteiger partial charge in [0.15, 0.2) is 0 Å². The molecule has 2 heterocycles. The molecule has 1 aromatic heterocycles. The molecule has 0 saturated carbocycles. The molecule has 2 rings (SSSR count). The molecule has 5 heteroatoms. The van der Waals surface area contributed by atoms with Crippen molar-refractivity contribution in [2.24, 2.45) is 5.92 Å². The van der Waals surface area contributed by atoms with Gasteiger partial charge in [0.2, 0.25) is 0 Å². The fourth-order valence-corrected chi connectivity index (χ4v) is 2.35. The molecular formula is C14H19BN2O2. The average molecular weight is 258 g/mol. The first kappa shape index (κ1) is 14.0. The highest BCUT2D eigenvalue weighted by Crippen LogP contribution is 2.42. The van der Waals surface area contributed by atoms with E-state index in [1.807, 2.05) is 26.0 Å². The summed E-state index contributed by atoms with van der Waals surface area (Å²) >= 11 is 0. The van der Waals surface area contributed by atoms with Gasteiger partial charge in [-0.3, -0.25) is 0 Å². The summed E-state index contributed by atoms with van der Waals surface area (Å²) in [6.07, 6.45) is 1.64. The molecule has 0 bridgehead atoms. The van der Waals surface area contributed by atoms with Crippen LogP contribution in [0.3, 0.4) is 0 Å². The van der Waals surface area contributed by atoms with Crippen molar-refractivity contribution in [2.45, 2.75) is 45.8 Å². The zero-order chi connectivity index (χ0) is 14.3. The Morgan fingerprint density at radius 1 is 1.26 bits per heavy atom. The van der Waals surface area contributed by atoms with Crippen LogP contribution < -0.4 is 5.46 Å². The van der Waals surface area contributed by atoms with E-state index in [1.54, 1.807) is 12.3 Å². The van der Waals surface area contributed by atoms with Crippen molar-refractivity contribution in [1.82, 2.24) is 4.98 Å². The lowest BCUT2D eigenvalue weighted by molar-refractivity contribution is -0.0435. The number of pyridine rings is 1. The third-order valence-electron chi connectivity index (χ3n) is 4.22. The second-order valence-electron chi connectivity index (χ2n) is 5.93. The summed E-state index contributed by atoms with van der Waals surface area (Å²) in [7, 11) is -0.428. The van der Waals surface area contributed by atoms with Gasteiger partial charge in [0, 0.05) is 11.7 Å². The first-order valence-electron chi connectivity index (χ1n) is 6.52. The van der Waals surface area contributed by atoms with Crippen molar-refractivity contribution in [2.75, 3.05) is 0 Å². The number of rotatable bonds is 2. The number of hydrogen-bond acceptors (Lipinski definition) is 4. The van der Waals surface area contributed by atoms with E-state index < -0.39 is 7.12 Å². The topological polar surface area (TPSA) is 55.1 Å². The van der Waals surface area contributed by atoms with Gasteiger partial charge >= 0.3 is 7.12 Å². The highest BCUT2D eigenvalue weighted by Gasteiger charge is 2.56. The first-order chi connectivity index (χ1) is 8.80. The normalized spacial score (nSPS) is 25.6. The van der Waals surface area contributed by atoms with E-state index in [-0.39, 0.29) is 11.2 Å². The summed E-state index contributed by atoms with van der Waals surface area (Å²) in [4.78, 5) is 4.06. The average Bonchev–Trinajstić information content (AvgIpc) is 2.62. The summed E-state index contributed by atoms with van der Waals surface area (Å²) in [5.74, 6) is 0.332.